The van der Waals surface area contributed by atoms with Gasteiger partial charge in [0, 0.05) is 11.8 Å². The average molecular weight is 312 g/mol. The van der Waals surface area contributed by atoms with E-state index in [-0.39, 0.29) is 6.79 Å². The fraction of sp³-hybridized carbons (Fsp3) is 0.176. The molecule has 1 aliphatic rings. The molecule has 6 nitrogen and oxygen atoms in total. The Balaban J connectivity index is 1.80. The summed E-state index contributed by atoms with van der Waals surface area (Å²) in [5.41, 5.74) is 2.15. The average Bonchev–Trinajstić information content (AvgIpc) is 3.03. The van der Waals surface area contributed by atoms with Crippen LogP contribution in [0.5, 0.6) is 11.5 Å². The predicted molar refractivity (Wildman–Crippen MR) is 85.9 cm³/mol. The van der Waals surface area contributed by atoms with Crippen LogP contribution in [0.15, 0.2) is 42.5 Å². The van der Waals surface area contributed by atoms with Crippen molar-refractivity contribution >= 4 is 23.8 Å². The molecule has 1 N–H and O–H groups in total. The number of hydrogen-bond acceptors (Lipinski definition) is 4. The van der Waals surface area contributed by atoms with Gasteiger partial charge in [0.05, 0.1) is 5.69 Å². The first-order chi connectivity index (χ1) is 11.2. The van der Waals surface area contributed by atoms with E-state index >= 15 is 0 Å². The first-order valence-electron chi connectivity index (χ1n) is 7.25. The van der Waals surface area contributed by atoms with E-state index in [1.807, 2.05) is 25.1 Å². The summed E-state index contributed by atoms with van der Waals surface area (Å²) in [5.74, 6) is 1.10. The number of imide groups is 1. The van der Waals surface area contributed by atoms with Gasteiger partial charge in [-0.25, -0.2) is 9.69 Å². The molecule has 0 aliphatic carbocycles. The highest BCUT2D eigenvalue weighted by Crippen LogP contribution is 2.35. The van der Waals surface area contributed by atoms with E-state index < -0.39 is 6.03 Å². The molecular weight excluding hydrogens is 296 g/mol. The fourth-order valence-electron chi connectivity index (χ4n) is 2.31. The van der Waals surface area contributed by atoms with Crippen LogP contribution in [0, 0.1) is 0 Å². The van der Waals surface area contributed by atoms with Crippen molar-refractivity contribution in [1.29, 1.82) is 0 Å². The first kappa shape index (κ1) is 14.9. The Morgan fingerprint density at radius 2 is 2.04 bits per heavy atom. The highest BCUT2D eigenvalue weighted by atomic mass is 16.7. The molecular formula is C17H16N2O4. The molecule has 0 aromatic heterocycles. The van der Waals surface area contributed by atoms with Crippen LogP contribution in [0.3, 0.4) is 0 Å². The number of anilines is 2. The van der Waals surface area contributed by atoms with Crippen molar-refractivity contribution in [2.75, 3.05) is 17.0 Å². The summed E-state index contributed by atoms with van der Waals surface area (Å²) in [7, 11) is 0. The second kappa shape index (κ2) is 6.39. The Morgan fingerprint density at radius 3 is 2.83 bits per heavy atom. The molecule has 1 aliphatic heterocycles. The lowest BCUT2D eigenvalue weighted by Crippen LogP contribution is -2.33. The van der Waals surface area contributed by atoms with Crippen LogP contribution in [-0.4, -0.2) is 19.2 Å². The Hall–Kier alpha value is -3.02. The lowest BCUT2D eigenvalue weighted by molar-refractivity contribution is -0.106. The lowest BCUT2D eigenvalue weighted by Gasteiger charge is -2.17. The molecule has 0 saturated carbocycles. The van der Waals surface area contributed by atoms with Crippen LogP contribution < -0.4 is 19.7 Å². The minimum Gasteiger partial charge on any atom is -0.454 e. The van der Waals surface area contributed by atoms with Gasteiger partial charge in [0.2, 0.25) is 13.2 Å². The Labute approximate surface area is 133 Å². The first-order valence-corrected chi connectivity index (χ1v) is 7.25. The molecule has 2 aromatic carbocycles. The van der Waals surface area contributed by atoms with E-state index in [4.69, 9.17) is 9.47 Å². The highest BCUT2D eigenvalue weighted by Gasteiger charge is 2.20. The van der Waals surface area contributed by atoms with Crippen molar-refractivity contribution in [3.8, 4) is 11.5 Å². The van der Waals surface area contributed by atoms with Crippen molar-refractivity contribution < 1.29 is 19.1 Å². The third-order valence-electron chi connectivity index (χ3n) is 3.55. The maximum Gasteiger partial charge on any atom is 0.332 e. The SMILES string of the molecule is CCc1cccc(NC(=O)N(C=O)c2ccc3c(c2)OCO3)c1. The van der Waals surface area contributed by atoms with Crippen LogP contribution >= 0.6 is 0 Å². The van der Waals surface area contributed by atoms with Gasteiger partial charge < -0.3 is 14.8 Å². The normalized spacial score (nSPS) is 11.9. The summed E-state index contributed by atoms with van der Waals surface area (Å²) in [4.78, 5) is 24.7. The quantitative estimate of drug-likeness (QED) is 0.881. The summed E-state index contributed by atoms with van der Waals surface area (Å²) in [5, 5.41) is 2.72. The van der Waals surface area contributed by atoms with Crippen LogP contribution in [0.25, 0.3) is 0 Å². The molecule has 0 saturated heterocycles. The van der Waals surface area contributed by atoms with Gasteiger partial charge in [-0.2, -0.15) is 0 Å². The standard InChI is InChI=1S/C17H16N2O4/c1-2-12-4-3-5-13(8-12)18-17(21)19(10-20)14-6-7-15-16(9-14)23-11-22-15/h3-10H,2,11H2,1H3,(H,18,21). The fourth-order valence-corrected chi connectivity index (χ4v) is 2.31. The largest absolute Gasteiger partial charge is 0.454 e. The second-order valence-electron chi connectivity index (χ2n) is 5.00. The molecule has 3 amide bonds. The number of fused-ring (bicyclic) bond motifs is 1. The van der Waals surface area contributed by atoms with E-state index in [1.165, 1.54) is 0 Å². The molecule has 118 valence electrons. The Bertz CT molecular complexity index is 745. The van der Waals surface area contributed by atoms with E-state index in [0.717, 1.165) is 16.9 Å². The van der Waals surface area contributed by atoms with Crippen LogP contribution in [0.2, 0.25) is 0 Å². The zero-order valence-corrected chi connectivity index (χ0v) is 12.6. The molecule has 0 atom stereocenters. The number of urea groups is 1. The van der Waals surface area contributed by atoms with Crippen LogP contribution in [0.1, 0.15) is 12.5 Å². The number of amides is 3. The van der Waals surface area contributed by atoms with E-state index in [1.54, 1.807) is 24.3 Å². The predicted octanol–water partition coefficient (Wildman–Crippen LogP) is 3.17. The third kappa shape index (κ3) is 3.11. The summed E-state index contributed by atoms with van der Waals surface area (Å²) < 4.78 is 10.5. The number of nitrogens with zero attached hydrogens (tertiary/aromatic N) is 1. The zero-order valence-electron chi connectivity index (χ0n) is 12.6. The number of ether oxygens (including phenoxy) is 2. The van der Waals surface area contributed by atoms with Gasteiger partial charge in [-0.1, -0.05) is 19.1 Å². The number of nitrogens with one attached hydrogen (secondary N) is 1. The minimum absolute atomic E-state index is 0.135. The topological polar surface area (TPSA) is 67.9 Å². The number of rotatable bonds is 4. The maximum absolute atomic E-state index is 12.4. The van der Waals surface area contributed by atoms with Gasteiger partial charge in [-0.15, -0.1) is 0 Å². The highest BCUT2D eigenvalue weighted by molar-refractivity contribution is 6.12. The molecule has 0 bridgehead atoms. The smallest absolute Gasteiger partial charge is 0.332 e. The van der Waals surface area contributed by atoms with Gasteiger partial charge in [-0.3, -0.25) is 4.79 Å². The monoisotopic (exact) mass is 312 g/mol. The van der Waals surface area contributed by atoms with Crippen LogP contribution in [-0.2, 0) is 11.2 Å². The van der Waals surface area contributed by atoms with Crippen molar-refractivity contribution in [2.24, 2.45) is 0 Å². The van der Waals surface area contributed by atoms with E-state index in [0.29, 0.717) is 29.3 Å². The zero-order chi connectivity index (χ0) is 16.2. The van der Waals surface area contributed by atoms with Crippen LogP contribution in [0.4, 0.5) is 16.2 Å². The molecule has 0 fully saturated rings. The van der Waals surface area contributed by atoms with Crippen molar-refractivity contribution in [3.05, 3.63) is 48.0 Å². The molecule has 1 heterocycles. The molecule has 23 heavy (non-hydrogen) atoms. The Kier molecular flexibility index (Phi) is 4.14. The molecule has 2 aromatic rings. The summed E-state index contributed by atoms with van der Waals surface area (Å²) in [6.45, 7) is 2.17. The number of carbonyl (C=O) groups excluding carboxylic acids is 2. The number of benzene rings is 2. The molecule has 3 rings (SSSR count). The Morgan fingerprint density at radius 1 is 1.22 bits per heavy atom. The lowest BCUT2D eigenvalue weighted by atomic mass is 10.1. The van der Waals surface area contributed by atoms with Crippen molar-refractivity contribution in [3.63, 3.8) is 0 Å². The third-order valence-corrected chi connectivity index (χ3v) is 3.55. The number of carbonyl (C=O) groups is 2. The van der Waals surface area contributed by atoms with Crippen molar-refractivity contribution in [1.82, 2.24) is 0 Å². The number of hydrogen-bond donors (Lipinski definition) is 1. The molecule has 0 spiro atoms. The number of aryl methyl sites for hydroxylation is 1. The van der Waals surface area contributed by atoms with Gasteiger partial charge in [0.25, 0.3) is 0 Å². The minimum atomic E-state index is -0.535. The van der Waals surface area contributed by atoms with Gasteiger partial charge in [0.1, 0.15) is 0 Å². The molecule has 0 unspecified atom stereocenters. The summed E-state index contributed by atoms with van der Waals surface area (Å²) in [6.07, 6.45) is 1.33. The second-order valence-corrected chi connectivity index (χ2v) is 5.00. The molecule has 6 heteroatoms. The van der Waals surface area contributed by atoms with Gasteiger partial charge in [-0.05, 0) is 36.2 Å². The van der Waals surface area contributed by atoms with Crippen molar-refractivity contribution in [2.45, 2.75) is 13.3 Å². The molecule has 0 radical (unpaired) electrons. The summed E-state index contributed by atoms with van der Waals surface area (Å²) >= 11 is 0. The van der Waals surface area contributed by atoms with Gasteiger partial charge in [0.15, 0.2) is 11.5 Å². The van der Waals surface area contributed by atoms with E-state index in [9.17, 15) is 9.59 Å². The van der Waals surface area contributed by atoms with E-state index in [2.05, 4.69) is 5.32 Å². The van der Waals surface area contributed by atoms with Gasteiger partial charge >= 0.3 is 6.03 Å². The maximum atomic E-state index is 12.4. The summed E-state index contributed by atoms with van der Waals surface area (Å²) in [6, 6.07) is 11.8.